The van der Waals surface area contributed by atoms with Crippen LogP contribution in [0.15, 0.2) is 29.4 Å². The fourth-order valence-electron chi connectivity index (χ4n) is 0.953. The van der Waals surface area contributed by atoms with Crippen LogP contribution >= 0.6 is 0 Å². The van der Waals surface area contributed by atoms with Crippen LogP contribution in [0.1, 0.15) is 5.56 Å². The predicted molar refractivity (Wildman–Crippen MR) is 55.8 cm³/mol. The van der Waals surface area contributed by atoms with E-state index in [9.17, 15) is 10.1 Å². The van der Waals surface area contributed by atoms with Crippen molar-refractivity contribution in [2.45, 2.75) is 0 Å². The van der Waals surface area contributed by atoms with Crippen LogP contribution in [0.25, 0.3) is 0 Å². The molecular weight excluding hydrogens is 198 g/mol. The second-order valence-electron chi connectivity index (χ2n) is 2.74. The Labute approximate surface area is 86.4 Å². The first-order chi connectivity index (χ1) is 7.24. The molecule has 15 heavy (non-hydrogen) atoms. The van der Waals surface area contributed by atoms with E-state index in [1.165, 1.54) is 18.3 Å². The van der Waals surface area contributed by atoms with Crippen molar-refractivity contribution >= 4 is 11.9 Å². The third-order valence-corrected chi connectivity index (χ3v) is 1.61. The first-order valence-electron chi connectivity index (χ1n) is 4.35. The Morgan fingerprint density at radius 1 is 1.60 bits per heavy atom. The average Bonchev–Trinajstić information content (AvgIpc) is 2.25. The van der Waals surface area contributed by atoms with Gasteiger partial charge in [-0.15, -0.1) is 0 Å². The van der Waals surface area contributed by atoms with Gasteiger partial charge in [0.05, 0.1) is 24.3 Å². The zero-order valence-corrected chi connectivity index (χ0v) is 7.96. The number of non-ortho nitro benzene ring substituents is 1. The summed E-state index contributed by atoms with van der Waals surface area (Å²) in [7, 11) is 0. The molecule has 0 heterocycles. The molecule has 0 radical (unpaired) electrons. The summed E-state index contributed by atoms with van der Waals surface area (Å²) in [5.74, 6) is 0. The maximum atomic E-state index is 10.4. The molecule has 0 saturated carbocycles. The SMILES string of the molecule is O=[N+]([O-])c1cccc(C=NNCCO)c1. The van der Waals surface area contributed by atoms with E-state index in [2.05, 4.69) is 10.5 Å². The van der Waals surface area contributed by atoms with Crippen molar-refractivity contribution in [1.29, 1.82) is 0 Å². The molecule has 0 aromatic heterocycles. The molecule has 0 fully saturated rings. The number of hydrogen-bond acceptors (Lipinski definition) is 5. The highest BCUT2D eigenvalue weighted by Crippen LogP contribution is 2.11. The van der Waals surface area contributed by atoms with Gasteiger partial charge in [0.2, 0.25) is 0 Å². The maximum Gasteiger partial charge on any atom is 0.270 e. The quantitative estimate of drug-likeness (QED) is 0.320. The third-order valence-electron chi connectivity index (χ3n) is 1.61. The molecule has 0 amide bonds. The van der Waals surface area contributed by atoms with Gasteiger partial charge in [-0.3, -0.25) is 10.1 Å². The van der Waals surface area contributed by atoms with Crippen molar-refractivity contribution in [2.24, 2.45) is 5.10 Å². The standard InChI is InChI=1S/C9H11N3O3/c13-5-4-10-11-7-8-2-1-3-9(6-8)12(14)15/h1-3,6-7,10,13H,4-5H2. The van der Waals surface area contributed by atoms with Gasteiger partial charge in [-0.2, -0.15) is 5.10 Å². The molecule has 0 aliphatic rings. The molecule has 6 heteroatoms. The molecule has 1 aromatic carbocycles. The van der Waals surface area contributed by atoms with Gasteiger partial charge in [-0.1, -0.05) is 12.1 Å². The van der Waals surface area contributed by atoms with Crippen LogP contribution in [0.2, 0.25) is 0 Å². The highest BCUT2D eigenvalue weighted by Gasteiger charge is 2.03. The molecule has 1 rings (SSSR count). The molecule has 0 bridgehead atoms. The third kappa shape index (κ3) is 3.74. The van der Waals surface area contributed by atoms with E-state index in [-0.39, 0.29) is 12.3 Å². The highest BCUT2D eigenvalue weighted by molar-refractivity contribution is 5.80. The molecule has 0 aliphatic carbocycles. The smallest absolute Gasteiger partial charge is 0.270 e. The number of aliphatic hydroxyl groups excluding tert-OH is 1. The van der Waals surface area contributed by atoms with E-state index < -0.39 is 4.92 Å². The molecule has 0 spiro atoms. The minimum atomic E-state index is -0.460. The van der Waals surface area contributed by atoms with Gasteiger partial charge in [0, 0.05) is 17.7 Å². The Morgan fingerprint density at radius 2 is 2.40 bits per heavy atom. The molecule has 0 unspecified atom stereocenters. The van der Waals surface area contributed by atoms with Crippen LogP contribution in [0.3, 0.4) is 0 Å². The molecule has 1 aromatic rings. The maximum absolute atomic E-state index is 10.4. The number of benzene rings is 1. The van der Waals surface area contributed by atoms with Crippen molar-refractivity contribution in [3.05, 3.63) is 39.9 Å². The topological polar surface area (TPSA) is 87.8 Å². The van der Waals surface area contributed by atoms with Crippen LogP contribution in [0.4, 0.5) is 5.69 Å². The number of nitro groups is 1. The van der Waals surface area contributed by atoms with Gasteiger partial charge in [-0.25, -0.2) is 0 Å². The molecule has 6 nitrogen and oxygen atoms in total. The van der Waals surface area contributed by atoms with Crippen molar-refractivity contribution in [2.75, 3.05) is 13.2 Å². The second-order valence-corrected chi connectivity index (χ2v) is 2.74. The lowest BCUT2D eigenvalue weighted by Crippen LogP contribution is -2.11. The Hall–Kier alpha value is -1.95. The summed E-state index contributed by atoms with van der Waals surface area (Å²) in [5.41, 5.74) is 3.24. The van der Waals surface area contributed by atoms with Crippen molar-refractivity contribution in [1.82, 2.24) is 5.43 Å². The van der Waals surface area contributed by atoms with Crippen LogP contribution in [-0.4, -0.2) is 29.4 Å². The van der Waals surface area contributed by atoms with Crippen molar-refractivity contribution in [3.8, 4) is 0 Å². The lowest BCUT2D eigenvalue weighted by Gasteiger charge is -1.95. The number of nitrogens with zero attached hydrogens (tertiary/aromatic N) is 2. The van der Waals surface area contributed by atoms with Gasteiger partial charge in [0.25, 0.3) is 5.69 Å². The van der Waals surface area contributed by atoms with E-state index in [1.54, 1.807) is 12.1 Å². The summed E-state index contributed by atoms with van der Waals surface area (Å²) >= 11 is 0. The number of aliphatic hydroxyl groups is 1. The first kappa shape index (κ1) is 11.1. The van der Waals surface area contributed by atoms with Crippen LogP contribution in [0, 0.1) is 10.1 Å². The fraction of sp³-hybridized carbons (Fsp3) is 0.222. The lowest BCUT2D eigenvalue weighted by molar-refractivity contribution is -0.384. The monoisotopic (exact) mass is 209 g/mol. The molecular formula is C9H11N3O3. The van der Waals surface area contributed by atoms with Crippen molar-refractivity contribution in [3.63, 3.8) is 0 Å². The largest absolute Gasteiger partial charge is 0.394 e. The number of hydrazone groups is 1. The van der Waals surface area contributed by atoms with Gasteiger partial charge >= 0.3 is 0 Å². The zero-order valence-electron chi connectivity index (χ0n) is 7.96. The normalized spacial score (nSPS) is 10.5. The molecule has 0 atom stereocenters. The zero-order chi connectivity index (χ0) is 11.1. The minimum absolute atomic E-state index is 0.00766. The summed E-state index contributed by atoms with van der Waals surface area (Å²) in [5, 5.41) is 22.7. The summed E-state index contributed by atoms with van der Waals surface area (Å²) in [6.45, 7) is 0.345. The fourth-order valence-corrected chi connectivity index (χ4v) is 0.953. The Kier molecular flexibility index (Phi) is 4.24. The van der Waals surface area contributed by atoms with Gasteiger partial charge in [0.15, 0.2) is 0 Å². The molecule has 0 aliphatic heterocycles. The molecule has 0 saturated heterocycles. The Balaban J connectivity index is 2.65. The van der Waals surface area contributed by atoms with E-state index >= 15 is 0 Å². The van der Waals surface area contributed by atoms with E-state index in [4.69, 9.17) is 5.11 Å². The summed E-state index contributed by atoms with van der Waals surface area (Å²) < 4.78 is 0. The number of nitro benzene ring substituents is 1. The van der Waals surface area contributed by atoms with Crippen molar-refractivity contribution < 1.29 is 10.0 Å². The minimum Gasteiger partial charge on any atom is -0.394 e. The van der Waals surface area contributed by atoms with E-state index in [0.717, 1.165) is 0 Å². The number of rotatable bonds is 5. The predicted octanol–water partition coefficient (Wildman–Crippen LogP) is 0.511. The van der Waals surface area contributed by atoms with Crippen LogP contribution < -0.4 is 5.43 Å². The van der Waals surface area contributed by atoms with Gasteiger partial charge < -0.3 is 10.5 Å². The van der Waals surface area contributed by atoms with Crippen LogP contribution in [-0.2, 0) is 0 Å². The highest BCUT2D eigenvalue weighted by atomic mass is 16.6. The number of hydrogen-bond donors (Lipinski definition) is 2. The summed E-state index contributed by atoms with van der Waals surface area (Å²) in [6.07, 6.45) is 1.46. The number of nitrogens with one attached hydrogen (secondary N) is 1. The Bertz CT molecular complexity index is 365. The second kappa shape index (κ2) is 5.71. The van der Waals surface area contributed by atoms with Crippen LogP contribution in [0.5, 0.6) is 0 Å². The first-order valence-corrected chi connectivity index (χ1v) is 4.35. The van der Waals surface area contributed by atoms with Gasteiger partial charge in [0.1, 0.15) is 0 Å². The summed E-state index contributed by atoms with van der Waals surface area (Å²) in [6, 6.07) is 6.13. The Morgan fingerprint density at radius 3 is 3.07 bits per heavy atom. The summed E-state index contributed by atoms with van der Waals surface area (Å²) in [4.78, 5) is 9.98. The molecule has 2 N–H and O–H groups in total. The lowest BCUT2D eigenvalue weighted by atomic mass is 10.2. The molecule has 80 valence electrons. The van der Waals surface area contributed by atoms with Gasteiger partial charge in [-0.05, 0) is 0 Å². The van der Waals surface area contributed by atoms with E-state index in [1.807, 2.05) is 0 Å². The average molecular weight is 209 g/mol. The van der Waals surface area contributed by atoms with E-state index in [0.29, 0.717) is 12.1 Å².